The number of hydrogen-bond acceptors (Lipinski definition) is 3. The van der Waals surface area contributed by atoms with Crippen molar-refractivity contribution in [2.24, 2.45) is 5.92 Å². The predicted molar refractivity (Wildman–Crippen MR) is 126 cm³/mol. The Morgan fingerprint density at radius 3 is 2.69 bits per heavy atom. The minimum atomic E-state index is -3.75. The van der Waals surface area contributed by atoms with Crippen molar-refractivity contribution in [3.8, 4) is 0 Å². The molecular weight excluding hydrogens is 447 g/mol. The number of benzene rings is 3. The number of rotatable bonds is 4. The fraction of sp³-hybridized carbons (Fsp3) is 0.200. The molecule has 1 aliphatic heterocycles. The summed E-state index contributed by atoms with van der Waals surface area (Å²) in [6, 6.07) is 16.7. The zero-order valence-corrected chi connectivity index (χ0v) is 18.9. The van der Waals surface area contributed by atoms with Gasteiger partial charge in [0.1, 0.15) is 5.82 Å². The van der Waals surface area contributed by atoms with Crippen LogP contribution < -0.4 is 10.0 Å². The highest BCUT2D eigenvalue weighted by molar-refractivity contribution is 7.92. The number of sulfonamides is 1. The molecule has 164 valence electrons. The molecule has 3 aromatic rings. The van der Waals surface area contributed by atoms with E-state index in [0.717, 1.165) is 23.2 Å². The van der Waals surface area contributed by atoms with E-state index in [4.69, 9.17) is 11.6 Å². The van der Waals surface area contributed by atoms with Crippen LogP contribution in [0, 0.1) is 18.7 Å². The van der Waals surface area contributed by atoms with Crippen LogP contribution in [-0.2, 0) is 10.0 Å². The van der Waals surface area contributed by atoms with Gasteiger partial charge in [0.2, 0.25) is 0 Å². The summed E-state index contributed by atoms with van der Waals surface area (Å²) >= 11 is 6.37. The van der Waals surface area contributed by atoms with Gasteiger partial charge in [0, 0.05) is 27.9 Å². The lowest BCUT2D eigenvalue weighted by Gasteiger charge is -2.38. The van der Waals surface area contributed by atoms with Crippen molar-refractivity contribution in [3.05, 3.63) is 100 Å². The van der Waals surface area contributed by atoms with Gasteiger partial charge in [0.25, 0.3) is 10.0 Å². The second-order valence-electron chi connectivity index (χ2n) is 8.33. The van der Waals surface area contributed by atoms with Crippen molar-refractivity contribution in [2.75, 3.05) is 10.0 Å². The maximum absolute atomic E-state index is 14.7. The van der Waals surface area contributed by atoms with Crippen LogP contribution in [0.4, 0.5) is 15.8 Å². The number of halogens is 2. The summed E-state index contributed by atoms with van der Waals surface area (Å²) in [5.41, 5.74) is 3.62. The maximum atomic E-state index is 14.7. The number of hydrogen-bond donors (Lipinski definition) is 2. The summed E-state index contributed by atoms with van der Waals surface area (Å²) in [5, 5.41) is 3.81. The highest BCUT2D eigenvalue weighted by atomic mass is 35.5. The molecule has 0 unspecified atom stereocenters. The van der Waals surface area contributed by atoms with E-state index >= 15 is 0 Å². The van der Waals surface area contributed by atoms with E-state index in [9.17, 15) is 12.8 Å². The van der Waals surface area contributed by atoms with Gasteiger partial charge in [-0.15, -0.1) is 0 Å². The molecule has 0 amide bonds. The summed E-state index contributed by atoms with van der Waals surface area (Å²) in [4.78, 5) is 0.195. The zero-order chi connectivity index (χ0) is 22.5. The van der Waals surface area contributed by atoms with Gasteiger partial charge in [-0.2, -0.15) is 0 Å². The molecule has 0 aromatic heterocycles. The highest BCUT2D eigenvalue weighted by Gasteiger charge is 2.40. The SMILES string of the molecule is Cc1cccc(NS(=O)(=O)c2ccc3c(c2)[C@H]2C=CC[C@H]2[C@@H](c2c(F)cccc2Cl)N3)c1. The average Bonchev–Trinajstić information content (AvgIpc) is 3.23. The molecule has 1 heterocycles. The van der Waals surface area contributed by atoms with E-state index in [1.165, 1.54) is 6.07 Å². The second-order valence-corrected chi connectivity index (χ2v) is 10.4. The van der Waals surface area contributed by atoms with Crippen molar-refractivity contribution >= 4 is 33.0 Å². The molecule has 4 nitrogen and oxygen atoms in total. The Balaban J connectivity index is 1.52. The topological polar surface area (TPSA) is 58.2 Å². The number of aryl methyl sites for hydroxylation is 1. The van der Waals surface area contributed by atoms with Crippen LogP contribution in [0.25, 0.3) is 0 Å². The summed E-state index contributed by atoms with van der Waals surface area (Å²) in [6.45, 7) is 1.91. The summed E-state index contributed by atoms with van der Waals surface area (Å²) in [6.07, 6.45) is 4.90. The van der Waals surface area contributed by atoms with Crippen LogP contribution in [-0.4, -0.2) is 8.42 Å². The van der Waals surface area contributed by atoms with Crippen molar-refractivity contribution < 1.29 is 12.8 Å². The van der Waals surface area contributed by atoms with Crippen molar-refractivity contribution in [3.63, 3.8) is 0 Å². The van der Waals surface area contributed by atoms with Crippen molar-refractivity contribution in [2.45, 2.75) is 30.2 Å². The number of anilines is 2. The van der Waals surface area contributed by atoms with Gasteiger partial charge in [0.15, 0.2) is 0 Å². The summed E-state index contributed by atoms with van der Waals surface area (Å²) in [7, 11) is -3.75. The monoisotopic (exact) mass is 468 g/mol. The van der Waals surface area contributed by atoms with Gasteiger partial charge in [-0.1, -0.05) is 42.0 Å². The molecule has 3 aromatic carbocycles. The third kappa shape index (κ3) is 3.67. The van der Waals surface area contributed by atoms with Crippen LogP contribution in [0.15, 0.2) is 77.7 Å². The zero-order valence-electron chi connectivity index (χ0n) is 17.3. The standard InChI is InChI=1S/C25H22ClFN2O2S/c1-15-5-2-6-16(13-15)29-32(30,31)17-11-12-23-20(14-17)18-7-3-8-19(18)25(28-23)24-21(26)9-4-10-22(24)27/h2-7,9-14,18-19,25,28-29H,8H2,1H3/t18-,19+,25-/m0/s1. The third-order valence-electron chi connectivity index (χ3n) is 6.23. The molecule has 0 saturated heterocycles. The van der Waals surface area contributed by atoms with E-state index in [1.807, 2.05) is 19.1 Å². The van der Waals surface area contributed by atoms with Gasteiger partial charge in [-0.25, -0.2) is 12.8 Å². The van der Waals surface area contributed by atoms with Gasteiger partial charge >= 0.3 is 0 Å². The Hall–Kier alpha value is -2.83. The Bertz CT molecular complexity index is 1320. The Kier molecular flexibility index (Phi) is 5.22. The van der Waals surface area contributed by atoms with E-state index in [0.29, 0.717) is 16.3 Å². The fourth-order valence-corrected chi connectivity index (χ4v) is 6.12. The fourth-order valence-electron chi connectivity index (χ4n) is 4.76. The summed E-state index contributed by atoms with van der Waals surface area (Å²) in [5.74, 6) is -0.328. The lowest BCUT2D eigenvalue weighted by Crippen LogP contribution is -2.30. The lowest BCUT2D eigenvalue weighted by molar-refractivity contribution is 0.413. The first kappa shape index (κ1) is 21.0. The number of nitrogens with one attached hydrogen (secondary N) is 2. The Labute approximate surface area is 192 Å². The van der Waals surface area contributed by atoms with Crippen molar-refractivity contribution in [1.29, 1.82) is 0 Å². The Morgan fingerprint density at radius 1 is 1.09 bits per heavy atom. The molecule has 1 aliphatic carbocycles. The maximum Gasteiger partial charge on any atom is 0.261 e. The molecule has 0 bridgehead atoms. The molecule has 0 saturated carbocycles. The number of fused-ring (bicyclic) bond motifs is 3. The molecule has 2 N–H and O–H groups in total. The van der Waals surface area contributed by atoms with Crippen LogP contribution in [0.3, 0.4) is 0 Å². The first-order valence-corrected chi connectivity index (χ1v) is 12.3. The highest BCUT2D eigenvalue weighted by Crippen LogP contribution is 2.51. The van der Waals surface area contributed by atoms with Gasteiger partial charge in [-0.05, 0) is 72.9 Å². The third-order valence-corrected chi connectivity index (χ3v) is 7.93. The minimum Gasteiger partial charge on any atom is -0.378 e. The predicted octanol–water partition coefficient (Wildman–Crippen LogP) is 6.41. The van der Waals surface area contributed by atoms with Crippen LogP contribution in [0.1, 0.15) is 35.1 Å². The second kappa shape index (κ2) is 7.94. The smallest absolute Gasteiger partial charge is 0.261 e. The van der Waals surface area contributed by atoms with E-state index in [2.05, 4.69) is 22.2 Å². The molecule has 0 spiro atoms. The van der Waals surface area contributed by atoms with Crippen LogP contribution >= 0.6 is 11.6 Å². The van der Waals surface area contributed by atoms with E-state index in [1.54, 1.807) is 42.5 Å². The summed E-state index contributed by atoms with van der Waals surface area (Å²) < 4.78 is 43.4. The minimum absolute atomic E-state index is 0.0268. The Morgan fingerprint density at radius 2 is 1.91 bits per heavy atom. The molecule has 5 rings (SSSR count). The molecule has 32 heavy (non-hydrogen) atoms. The van der Waals surface area contributed by atoms with Crippen LogP contribution in [0.2, 0.25) is 5.02 Å². The molecule has 2 aliphatic rings. The lowest BCUT2D eigenvalue weighted by atomic mass is 9.77. The largest absolute Gasteiger partial charge is 0.378 e. The molecule has 0 fully saturated rings. The first-order valence-electron chi connectivity index (χ1n) is 10.4. The van der Waals surface area contributed by atoms with Gasteiger partial charge in [0.05, 0.1) is 10.9 Å². The quantitative estimate of drug-likeness (QED) is 0.434. The van der Waals surface area contributed by atoms with E-state index in [-0.39, 0.29) is 28.6 Å². The molecule has 3 atom stereocenters. The molecule has 7 heteroatoms. The van der Waals surface area contributed by atoms with Crippen LogP contribution in [0.5, 0.6) is 0 Å². The average molecular weight is 469 g/mol. The van der Waals surface area contributed by atoms with Gasteiger partial charge in [-0.3, -0.25) is 4.72 Å². The number of allylic oxidation sites excluding steroid dienone is 2. The molecular formula is C25H22ClFN2O2S. The molecule has 0 radical (unpaired) electrons. The normalized spacial score (nSPS) is 21.5. The van der Waals surface area contributed by atoms with Crippen molar-refractivity contribution in [1.82, 2.24) is 0 Å². The van der Waals surface area contributed by atoms with Gasteiger partial charge < -0.3 is 5.32 Å². The van der Waals surface area contributed by atoms with E-state index < -0.39 is 10.0 Å². The first-order chi connectivity index (χ1) is 15.3.